The van der Waals surface area contributed by atoms with Crippen LogP contribution in [0.3, 0.4) is 0 Å². The Kier molecular flexibility index (Phi) is 4.79. The van der Waals surface area contributed by atoms with Gasteiger partial charge in [0.05, 0.1) is 11.6 Å². The zero-order valence-corrected chi connectivity index (χ0v) is 12.9. The first-order valence-corrected chi connectivity index (χ1v) is 7.62. The van der Waals surface area contributed by atoms with Crippen molar-refractivity contribution in [2.24, 2.45) is 0 Å². The smallest absolute Gasteiger partial charge is 0.255 e. The van der Waals surface area contributed by atoms with Gasteiger partial charge in [0.25, 0.3) is 5.91 Å². The maximum atomic E-state index is 12.2. The Balaban J connectivity index is 2.27. The number of carbonyl (C=O) groups excluding carboxylic acids is 1. The minimum Gasteiger partial charge on any atom is -0.377 e. The van der Waals surface area contributed by atoms with E-state index in [4.69, 9.17) is 0 Å². The Morgan fingerprint density at radius 1 is 1.25 bits per heavy atom. The monoisotopic (exact) mass is 288 g/mol. The average Bonchev–Trinajstić information content (AvgIpc) is 2.98. The van der Waals surface area contributed by atoms with Crippen LogP contribution in [0.15, 0.2) is 41.8 Å². The van der Waals surface area contributed by atoms with Gasteiger partial charge in [0.2, 0.25) is 0 Å². The summed E-state index contributed by atoms with van der Waals surface area (Å²) in [5, 5.41) is 5.58. The van der Waals surface area contributed by atoms with E-state index in [1.54, 1.807) is 30.3 Å². The van der Waals surface area contributed by atoms with E-state index in [0.29, 0.717) is 5.56 Å². The first-order valence-electron chi connectivity index (χ1n) is 6.74. The molecule has 106 valence electrons. The fourth-order valence-electron chi connectivity index (χ4n) is 2.09. The number of para-hydroxylation sites is 1. The lowest BCUT2D eigenvalue weighted by Crippen LogP contribution is -2.23. The molecule has 1 heterocycles. The standard InChI is InChI=1S/C16H20N2OS/c1-4-13(15-10-7-11-20-15)17-14-9-6-5-8-12(14)16(19)18(2)3/h5-11,13,17H,4H2,1-3H3. The number of nitrogens with one attached hydrogen (secondary N) is 1. The van der Waals surface area contributed by atoms with E-state index in [9.17, 15) is 4.79 Å². The zero-order chi connectivity index (χ0) is 14.5. The van der Waals surface area contributed by atoms with Gasteiger partial charge in [-0.25, -0.2) is 0 Å². The molecular formula is C16H20N2OS. The molecule has 1 amide bonds. The number of nitrogens with zero attached hydrogens (tertiary/aromatic N) is 1. The van der Waals surface area contributed by atoms with Crippen LogP contribution in [0.2, 0.25) is 0 Å². The third kappa shape index (κ3) is 3.20. The molecule has 0 radical (unpaired) electrons. The van der Waals surface area contributed by atoms with Crippen molar-refractivity contribution < 1.29 is 4.79 Å². The van der Waals surface area contributed by atoms with Crippen LogP contribution in [0.5, 0.6) is 0 Å². The Labute approximate surface area is 124 Å². The van der Waals surface area contributed by atoms with E-state index < -0.39 is 0 Å². The number of thiophene rings is 1. The maximum Gasteiger partial charge on any atom is 0.255 e. The molecule has 2 rings (SSSR count). The van der Waals surface area contributed by atoms with Gasteiger partial charge in [-0.15, -0.1) is 11.3 Å². The van der Waals surface area contributed by atoms with Gasteiger partial charge in [0.15, 0.2) is 0 Å². The Morgan fingerprint density at radius 2 is 2.00 bits per heavy atom. The molecule has 0 aliphatic rings. The van der Waals surface area contributed by atoms with Crippen LogP contribution in [0, 0.1) is 0 Å². The molecule has 2 aromatic rings. The summed E-state index contributed by atoms with van der Waals surface area (Å²) in [5.74, 6) is 0.0223. The molecule has 1 unspecified atom stereocenters. The van der Waals surface area contributed by atoms with Gasteiger partial charge in [-0.3, -0.25) is 4.79 Å². The second-order valence-electron chi connectivity index (χ2n) is 4.87. The Bertz CT molecular complexity index is 564. The lowest BCUT2D eigenvalue weighted by molar-refractivity contribution is 0.0828. The third-order valence-electron chi connectivity index (χ3n) is 3.19. The summed E-state index contributed by atoms with van der Waals surface area (Å²) in [4.78, 5) is 15.1. The van der Waals surface area contributed by atoms with Crippen LogP contribution in [-0.4, -0.2) is 24.9 Å². The van der Waals surface area contributed by atoms with E-state index in [1.165, 1.54) is 4.88 Å². The Morgan fingerprint density at radius 3 is 2.60 bits per heavy atom. The van der Waals surface area contributed by atoms with Gasteiger partial charge in [0, 0.05) is 24.7 Å². The highest BCUT2D eigenvalue weighted by Crippen LogP contribution is 2.28. The summed E-state index contributed by atoms with van der Waals surface area (Å²) < 4.78 is 0. The molecule has 0 bridgehead atoms. The Hall–Kier alpha value is -1.81. The van der Waals surface area contributed by atoms with Crippen molar-refractivity contribution in [2.45, 2.75) is 19.4 Å². The summed E-state index contributed by atoms with van der Waals surface area (Å²) in [6, 6.07) is 12.1. The molecule has 3 nitrogen and oxygen atoms in total. The first kappa shape index (κ1) is 14.6. The fraction of sp³-hybridized carbons (Fsp3) is 0.312. The molecular weight excluding hydrogens is 268 g/mol. The van der Waals surface area contributed by atoms with Gasteiger partial charge in [-0.1, -0.05) is 25.1 Å². The van der Waals surface area contributed by atoms with Crippen LogP contribution >= 0.6 is 11.3 Å². The number of rotatable bonds is 5. The van der Waals surface area contributed by atoms with E-state index in [1.807, 2.05) is 24.3 Å². The largest absolute Gasteiger partial charge is 0.377 e. The summed E-state index contributed by atoms with van der Waals surface area (Å²) in [5.41, 5.74) is 1.61. The number of carbonyl (C=O) groups is 1. The normalized spacial score (nSPS) is 11.9. The number of amides is 1. The molecule has 0 fully saturated rings. The molecule has 0 saturated heterocycles. The second-order valence-corrected chi connectivity index (χ2v) is 5.85. The number of anilines is 1. The van der Waals surface area contributed by atoms with Crippen molar-refractivity contribution in [3.8, 4) is 0 Å². The summed E-state index contributed by atoms with van der Waals surface area (Å²) in [6.45, 7) is 2.15. The highest BCUT2D eigenvalue weighted by molar-refractivity contribution is 7.10. The van der Waals surface area contributed by atoms with Crippen molar-refractivity contribution in [3.63, 3.8) is 0 Å². The van der Waals surface area contributed by atoms with Crippen molar-refractivity contribution in [1.29, 1.82) is 0 Å². The first-order chi connectivity index (χ1) is 9.63. The van der Waals surface area contributed by atoms with Gasteiger partial charge in [0.1, 0.15) is 0 Å². The SMILES string of the molecule is CCC(Nc1ccccc1C(=O)N(C)C)c1cccs1. The molecule has 1 aromatic carbocycles. The lowest BCUT2D eigenvalue weighted by atomic mass is 10.1. The molecule has 0 saturated carbocycles. The lowest BCUT2D eigenvalue weighted by Gasteiger charge is -2.20. The summed E-state index contributed by atoms with van der Waals surface area (Å²) in [6.07, 6.45) is 0.977. The van der Waals surface area contributed by atoms with Gasteiger partial charge in [-0.2, -0.15) is 0 Å². The number of hydrogen-bond donors (Lipinski definition) is 1. The van der Waals surface area contributed by atoms with Gasteiger partial charge >= 0.3 is 0 Å². The quantitative estimate of drug-likeness (QED) is 0.901. The third-order valence-corrected chi connectivity index (χ3v) is 4.17. The van der Waals surface area contributed by atoms with Crippen LogP contribution in [0.1, 0.15) is 34.6 Å². The van der Waals surface area contributed by atoms with E-state index in [-0.39, 0.29) is 11.9 Å². The van der Waals surface area contributed by atoms with Crippen molar-refractivity contribution in [1.82, 2.24) is 4.90 Å². The molecule has 1 atom stereocenters. The molecule has 0 aliphatic carbocycles. The molecule has 20 heavy (non-hydrogen) atoms. The summed E-state index contributed by atoms with van der Waals surface area (Å²) in [7, 11) is 3.55. The minimum atomic E-state index is 0.0223. The molecule has 1 N–H and O–H groups in total. The van der Waals surface area contributed by atoms with E-state index >= 15 is 0 Å². The highest BCUT2D eigenvalue weighted by Gasteiger charge is 2.16. The predicted molar refractivity (Wildman–Crippen MR) is 85.4 cm³/mol. The second kappa shape index (κ2) is 6.57. The van der Waals surface area contributed by atoms with Crippen molar-refractivity contribution >= 4 is 22.9 Å². The zero-order valence-electron chi connectivity index (χ0n) is 12.1. The molecule has 4 heteroatoms. The highest BCUT2D eigenvalue weighted by atomic mass is 32.1. The number of benzene rings is 1. The van der Waals surface area contributed by atoms with Crippen LogP contribution in [0.4, 0.5) is 5.69 Å². The van der Waals surface area contributed by atoms with E-state index in [2.05, 4.69) is 29.8 Å². The van der Waals surface area contributed by atoms with Gasteiger partial charge in [-0.05, 0) is 30.0 Å². The topological polar surface area (TPSA) is 32.3 Å². The van der Waals surface area contributed by atoms with Crippen LogP contribution in [0.25, 0.3) is 0 Å². The predicted octanol–water partition coefficient (Wildman–Crippen LogP) is 4.01. The van der Waals surface area contributed by atoms with Crippen molar-refractivity contribution in [2.75, 3.05) is 19.4 Å². The minimum absolute atomic E-state index is 0.0223. The van der Waals surface area contributed by atoms with Crippen LogP contribution in [-0.2, 0) is 0 Å². The average molecular weight is 288 g/mol. The van der Waals surface area contributed by atoms with Gasteiger partial charge < -0.3 is 10.2 Å². The van der Waals surface area contributed by atoms with Crippen molar-refractivity contribution in [3.05, 3.63) is 52.2 Å². The molecule has 0 spiro atoms. The maximum absolute atomic E-state index is 12.2. The number of hydrogen-bond acceptors (Lipinski definition) is 3. The fourth-order valence-corrected chi connectivity index (χ4v) is 2.95. The molecule has 0 aliphatic heterocycles. The van der Waals surface area contributed by atoms with E-state index in [0.717, 1.165) is 12.1 Å². The molecule has 1 aromatic heterocycles. The van der Waals surface area contributed by atoms with Crippen LogP contribution < -0.4 is 5.32 Å². The summed E-state index contributed by atoms with van der Waals surface area (Å²) >= 11 is 1.74.